The van der Waals surface area contributed by atoms with Crippen molar-refractivity contribution in [1.82, 2.24) is 25.0 Å². The van der Waals surface area contributed by atoms with Crippen molar-refractivity contribution in [1.29, 1.82) is 0 Å². The maximum Gasteiger partial charge on any atom is 0.194 e. The first kappa shape index (κ1) is 19.2. The highest BCUT2D eigenvalue weighted by atomic mass is 16.5. The molecule has 0 bridgehead atoms. The molecule has 1 N–H and O–H groups in total. The molecule has 1 saturated carbocycles. The lowest BCUT2D eigenvalue weighted by atomic mass is 10.2. The van der Waals surface area contributed by atoms with Gasteiger partial charge < -0.3 is 19.5 Å². The third-order valence-corrected chi connectivity index (χ3v) is 5.20. The van der Waals surface area contributed by atoms with Crippen LogP contribution in [0.3, 0.4) is 0 Å². The normalized spacial score (nSPS) is 15.2. The van der Waals surface area contributed by atoms with Gasteiger partial charge in [0.15, 0.2) is 11.8 Å². The van der Waals surface area contributed by atoms with Gasteiger partial charge in [0.1, 0.15) is 18.1 Å². The van der Waals surface area contributed by atoms with Gasteiger partial charge in [-0.3, -0.25) is 0 Å². The highest BCUT2D eigenvalue weighted by Crippen LogP contribution is 2.20. The van der Waals surface area contributed by atoms with Crippen molar-refractivity contribution in [2.24, 2.45) is 12.0 Å². The number of aliphatic imine (C=N–C) groups is 1. The molecule has 27 heavy (non-hydrogen) atoms. The summed E-state index contributed by atoms with van der Waals surface area (Å²) in [6.07, 6.45) is 4.96. The van der Waals surface area contributed by atoms with Crippen molar-refractivity contribution in [3.63, 3.8) is 0 Å². The second kappa shape index (κ2) is 8.88. The molecule has 7 heteroatoms. The number of hydrogen-bond acceptors (Lipinski definition) is 4. The minimum Gasteiger partial charge on any atom is -0.496 e. The van der Waals surface area contributed by atoms with E-state index >= 15 is 0 Å². The van der Waals surface area contributed by atoms with E-state index in [2.05, 4.69) is 33.5 Å². The van der Waals surface area contributed by atoms with Crippen LogP contribution in [0.5, 0.6) is 5.75 Å². The van der Waals surface area contributed by atoms with Gasteiger partial charge in [-0.25, -0.2) is 4.99 Å². The molecule has 0 saturated heterocycles. The third-order valence-electron chi connectivity index (χ3n) is 5.20. The van der Waals surface area contributed by atoms with E-state index in [1.165, 1.54) is 25.7 Å². The predicted molar refractivity (Wildman–Crippen MR) is 107 cm³/mol. The summed E-state index contributed by atoms with van der Waals surface area (Å²) in [5.41, 5.74) is 1.14. The number of nitrogens with zero attached hydrogens (tertiary/aromatic N) is 5. The lowest BCUT2D eigenvalue weighted by molar-refractivity contribution is 0.394. The first-order chi connectivity index (χ1) is 13.1. The van der Waals surface area contributed by atoms with Gasteiger partial charge in [0.05, 0.1) is 7.11 Å². The molecule has 0 unspecified atom stereocenters. The van der Waals surface area contributed by atoms with E-state index in [0.717, 1.165) is 35.5 Å². The Labute approximate surface area is 161 Å². The number of nitrogens with one attached hydrogen (secondary N) is 1. The molecule has 0 aliphatic heterocycles. The van der Waals surface area contributed by atoms with Gasteiger partial charge >= 0.3 is 0 Å². The average Bonchev–Trinajstić information content (AvgIpc) is 3.30. The summed E-state index contributed by atoms with van der Waals surface area (Å²) >= 11 is 0. The Kier molecular flexibility index (Phi) is 6.32. The molecule has 0 amide bonds. The molecular weight excluding hydrogens is 340 g/mol. The summed E-state index contributed by atoms with van der Waals surface area (Å²) in [4.78, 5) is 7.00. The Hall–Kier alpha value is -2.57. The lowest BCUT2D eigenvalue weighted by Crippen LogP contribution is -2.43. The fraction of sp³-hybridized carbons (Fsp3) is 0.550. The quantitative estimate of drug-likeness (QED) is 0.625. The van der Waals surface area contributed by atoms with Crippen molar-refractivity contribution in [2.75, 3.05) is 14.2 Å². The monoisotopic (exact) mass is 370 g/mol. The topological polar surface area (TPSA) is 67.6 Å². The summed E-state index contributed by atoms with van der Waals surface area (Å²) in [6.45, 7) is 3.18. The van der Waals surface area contributed by atoms with Gasteiger partial charge in [-0.1, -0.05) is 31.0 Å². The Morgan fingerprint density at radius 1 is 1.30 bits per heavy atom. The highest BCUT2D eigenvalue weighted by Gasteiger charge is 2.19. The Morgan fingerprint density at radius 2 is 2.04 bits per heavy atom. The second-order valence-corrected chi connectivity index (χ2v) is 7.16. The van der Waals surface area contributed by atoms with Crippen LogP contribution in [-0.2, 0) is 20.1 Å². The first-order valence-electron chi connectivity index (χ1n) is 9.57. The van der Waals surface area contributed by atoms with Crippen LogP contribution >= 0.6 is 0 Å². The maximum atomic E-state index is 5.50. The third kappa shape index (κ3) is 4.78. The predicted octanol–water partition coefficient (Wildman–Crippen LogP) is 2.65. The zero-order valence-corrected chi connectivity index (χ0v) is 16.8. The van der Waals surface area contributed by atoms with E-state index in [-0.39, 0.29) is 0 Å². The van der Waals surface area contributed by atoms with Crippen molar-refractivity contribution in [3.05, 3.63) is 41.5 Å². The summed E-state index contributed by atoms with van der Waals surface area (Å²) in [5, 5.41) is 12.0. The van der Waals surface area contributed by atoms with Crippen molar-refractivity contribution >= 4 is 5.96 Å². The number of guanidine groups is 1. The van der Waals surface area contributed by atoms with Crippen LogP contribution in [0, 0.1) is 6.92 Å². The van der Waals surface area contributed by atoms with Gasteiger partial charge in [0, 0.05) is 32.2 Å². The summed E-state index contributed by atoms with van der Waals surface area (Å²) in [5.74, 6) is 3.55. The number of rotatable bonds is 6. The highest BCUT2D eigenvalue weighted by molar-refractivity contribution is 5.80. The smallest absolute Gasteiger partial charge is 0.194 e. The second-order valence-electron chi connectivity index (χ2n) is 7.16. The molecule has 1 aliphatic rings. The molecule has 0 atom stereocenters. The lowest BCUT2D eigenvalue weighted by Gasteiger charge is -2.26. The molecular formula is C20H30N6O. The number of para-hydroxylation sites is 1. The van der Waals surface area contributed by atoms with E-state index in [4.69, 9.17) is 9.73 Å². The van der Waals surface area contributed by atoms with E-state index in [1.54, 1.807) is 7.11 Å². The Bertz CT molecular complexity index is 779. The maximum absolute atomic E-state index is 5.50. The van der Waals surface area contributed by atoms with Crippen LogP contribution in [-0.4, -0.2) is 45.8 Å². The van der Waals surface area contributed by atoms with Crippen molar-refractivity contribution in [2.45, 2.75) is 51.7 Å². The number of ether oxygens (including phenoxy) is 1. The van der Waals surface area contributed by atoms with Crippen molar-refractivity contribution in [3.8, 4) is 5.75 Å². The van der Waals surface area contributed by atoms with Gasteiger partial charge in [-0.2, -0.15) is 0 Å². The summed E-state index contributed by atoms with van der Waals surface area (Å²) in [6, 6.07) is 8.60. The summed E-state index contributed by atoms with van der Waals surface area (Å²) < 4.78 is 7.48. The van der Waals surface area contributed by atoms with Crippen LogP contribution in [0.15, 0.2) is 29.3 Å². The molecule has 1 heterocycles. The number of benzene rings is 1. The van der Waals surface area contributed by atoms with E-state index in [0.29, 0.717) is 12.6 Å². The molecule has 1 aromatic carbocycles. The van der Waals surface area contributed by atoms with Crippen LogP contribution in [0.25, 0.3) is 0 Å². The molecule has 1 aromatic heterocycles. The molecule has 7 nitrogen and oxygen atoms in total. The number of aromatic nitrogens is 3. The number of methoxy groups -OCH3 is 1. The summed E-state index contributed by atoms with van der Waals surface area (Å²) in [7, 11) is 5.75. The fourth-order valence-electron chi connectivity index (χ4n) is 3.43. The van der Waals surface area contributed by atoms with Gasteiger partial charge in [0.2, 0.25) is 0 Å². The zero-order chi connectivity index (χ0) is 19.2. The molecule has 0 spiro atoms. The minimum absolute atomic E-state index is 0.491. The molecule has 1 aliphatic carbocycles. The largest absolute Gasteiger partial charge is 0.496 e. The Morgan fingerprint density at radius 3 is 2.70 bits per heavy atom. The fourth-order valence-corrected chi connectivity index (χ4v) is 3.43. The van der Waals surface area contributed by atoms with Crippen LogP contribution in [0.4, 0.5) is 0 Å². The zero-order valence-electron chi connectivity index (χ0n) is 16.8. The van der Waals surface area contributed by atoms with Crippen LogP contribution in [0.2, 0.25) is 0 Å². The van der Waals surface area contributed by atoms with Crippen molar-refractivity contribution < 1.29 is 4.74 Å². The molecule has 0 radical (unpaired) electrons. The van der Waals surface area contributed by atoms with Crippen LogP contribution in [0.1, 0.15) is 42.9 Å². The molecule has 146 valence electrons. The van der Waals surface area contributed by atoms with E-state index in [1.807, 2.05) is 36.7 Å². The van der Waals surface area contributed by atoms with Gasteiger partial charge in [-0.05, 0) is 25.8 Å². The van der Waals surface area contributed by atoms with E-state index in [9.17, 15) is 0 Å². The van der Waals surface area contributed by atoms with E-state index < -0.39 is 0 Å². The van der Waals surface area contributed by atoms with Gasteiger partial charge in [0.25, 0.3) is 0 Å². The number of hydrogen-bond donors (Lipinski definition) is 1. The Balaban J connectivity index is 1.77. The molecule has 1 fully saturated rings. The average molecular weight is 371 g/mol. The number of aryl methyl sites for hydroxylation is 1. The first-order valence-corrected chi connectivity index (χ1v) is 9.57. The SMILES string of the molecule is COc1ccccc1CN(C)C(=NCc1nnc(C)n1C)NC1CCCC1. The van der Waals surface area contributed by atoms with Gasteiger partial charge in [-0.15, -0.1) is 10.2 Å². The minimum atomic E-state index is 0.491. The standard InChI is InChI=1S/C20H30N6O/c1-15-23-24-19(26(15)3)13-21-20(22-17-10-6-7-11-17)25(2)14-16-9-5-8-12-18(16)27-4/h5,8-9,12,17H,6-7,10-11,13-14H2,1-4H3,(H,21,22). The van der Waals surface area contributed by atoms with Crippen LogP contribution < -0.4 is 10.1 Å². The molecule has 3 rings (SSSR count). The molecule has 2 aromatic rings.